The summed E-state index contributed by atoms with van der Waals surface area (Å²) in [6, 6.07) is 27.7. The standard InChI is InChI=1S/C32H30N4O/c1-4-10-27(19-25(3)34-21-26-11-6-5-7-12-26)31-23-35(22-29-14-9-8-13-28(29)20-33)32(37)36(31)30-17-15-24(2)16-18-30/h4-19,23,34H,1,21-22H2,2-3H3/b25-19+,27-10+. The number of aryl methyl sites for hydroxylation is 1. The maximum absolute atomic E-state index is 13.7. The zero-order chi connectivity index (χ0) is 26.2. The SMILES string of the molecule is C=C/C=C(\C=C(/C)NCc1ccccc1)c1cn(Cc2ccccc2C#N)c(=O)n1-c1ccc(C)cc1. The summed E-state index contributed by atoms with van der Waals surface area (Å²) in [6.07, 6.45) is 7.51. The van der Waals surface area contributed by atoms with Crippen molar-refractivity contribution in [3.05, 3.63) is 154 Å². The van der Waals surface area contributed by atoms with Gasteiger partial charge >= 0.3 is 5.69 Å². The Bertz CT molecular complexity index is 1550. The van der Waals surface area contributed by atoms with Crippen LogP contribution in [0.3, 0.4) is 0 Å². The molecule has 0 unspecified atom stereocenters. The molecule has 0 saturated heterocycles. The number of nitriles is 1. The number of aromatic nitrogens is 2. The van der Waals surface area contributed by atoms with Crippen LogP contribution in [-0.4, -0.2) is 9.13 Å². The van der Waals surface area contributed by atoms with E-state index < -0.39 is 0 Å². The zero-order valence-corrected chi connectivity index (χ0v) is 21.2. The molecule has 184 valence electrons. The van der Waals surface area contributed by atoms with E-state index in [1.54, 1.807) is 21.3 Å². The van der Waals surface area contributed by atoms with Gasteiger partial charge in [-0.2, -0.15) is 5.26 Å². The van der Waals surface area contributed by atoms with Gasteiger partial charge in [-0.05, 0) is 49.2 Å². The van der Waals surface area contributed by atoms with Crippen LogP contribution in [0, 0.1) is 18.3 Å². The fourth-order valence-corrected chi connectivity index (χ4v) is 4.16. The van der Waals surface area contributed by atoms with Gasteiger partial charge in [0, 0.05) is 24.0 Å². The minimum absolute atomic E-state index is 0.176. The van der Waals surface area contributed by atoms with E-state index in [2.05, 4.69) is 30.1 Å². The first-order chi connectivity index (χ1) is 18.0. The molecule has 0 aliphatic heterocycles. The van der Waals surface area contributed by atoms with Crippen LogP contribution < -0.4 is 11.0 Å². The van der Waals surface area contributed by atoms with Crippen molar-refractivity contribution in [1.82, 2.24) is 14.5 Å². The summed E-state index contributed by atoms with van der Waals surface area (Å²) >= 11 is 0. The molecule has 0 bridgehead atoms. The number of nitrogens with one attached hydrogen (secondary N) is 1. The molecule has 0 spiro atoms. The third-order valence-electron chi connectivity index (χ3n) is 6.11. The van der Waals surface area contributed by atoms with Gasteiger partial charge in [0.1, 0.15) is 0 Å². The lowest BCUT2D eigenvalue weighted by Crippen LogP contribution is -2.24. The van der Waals surface area contributed by atoms with Gasteiger partial charge in [-0.1, -0.05) is 85.0 Å². The molecule has 5 heteroatoms. The van der Waals surface area contributed by atoms with Crippen molar-refractivity contribution < 1.29 is 0 Å². The van der Waals surface area contributed by atoms with Crippen molar-refractivity contribution in [1.29, 1.82) is 5.26 Å². The van der Waals surface area contributed by atoms with Gasteiger partial charge in [-0.3, -0.25) is 9.13 Å². The Labute approximate surface area is 218 Å². The van der Waals surface area contributed by atoms with Gasteiger partial charge in [0.05, 0.1) is 29.6 Å². The van der Waals surface area contributed by atoms with E-state index in [0.717, 1.165) is 33.8 Å². The molecule has 0 fully saturated rings. The van der Waals surface area contributed by atoms with Gasteiger partial charge in [0.15, 0.2) is 0 Å². The maximum Gasteiger partial charge on any atom is 0.333 e. The molecule has 4 rings (SSSR count). The summed E-state index contributed by atoms with van der Waals surface area (Å²) in [7, 11) is 0. The fourth-order valence-electron chi connectivity index (χ4n) is 4.16. The molecule has 0 saturated carbocycles. The Hall–Kier alpha value is -4.82. The van der Waals surface area contributed by atoms with Crippen molar-refractivity contribution in [2.45, 2.75) is 26.9 Å². The summed E-state index contributed by atoms with van der Waals surface area (Å²) in [5, 5.41) is 13.0. The molecule has 3 aromatic carbocycles. The van der Waals surface area contributed by atoms with Gasteiger partial charge in [0.2, 0.25) is 0 Å². The summed E-state index contributed by atoms with van der Waals surface area (Å²) < 4.78 is 3.37. The van der Waals surface area contributed by atoms with E-state index in [-0.39, 0.29) is 5.69 Å². The molecular weight excluding hydrogens is 456 g/mol. The van der Waals surface area contributed by atoms with E-state index in [9.17, 15) is 10.1 Å². The van der Waals surface area contributed by atoms with E-state index >= 15 is 0 Å². The Kier molecular flexibility index (Phi) is 8.02. The highest BCUT2D eigenvalue weighted by Gasteiger charge is 2.17. The monoisotopic (exact) mass is 486 g/mol. The first kappa shape index (κ1) is 25.3. The second-order valence-corrected chi connectivity index (χ2v) is 8.89. The highest BCUT2D eigenvalue weighted by molar-refractivity contribution is 5.74. The maximum atomic E-state index is 13.7. The number of nitrogens with zero attached hydrogens (tertiary/aromatic N) is 3. The van der Waals surface area contributed by atoms with Gasteiger partial charge in [0.25, 0.3) is 0 Å². The highest BCUT2D eigenvalue weighted by Crippen LogP contribution is 2.22. The average Bonchev–Trinajstić information content (AvgIpc) is 3.24. The van der Waals surface area contributed by atoms with E-state index in [0.29, 0.717) is 18.7 Å². The number of rotatable bonds is 9. The quantitative estimate of drug-likeness (QED) is 0.290. The third-order valence-corrected chi connectivity index (χ3v) is 6.11. The van der Waals surface area contributed by atoms with E-state index in [1.165, 1.54) is 5.56 Å². The predicted octanol–water partition coefficient (Wildman–Crippen LogP) is 6.13. The first-order valence-corrected chi connectivity index (χ1v) is 12.2. The Morgan fingerprint density at radius 3 is 2.43 bits per heavy atom. The largest absolute Gasteiger partial charge is 0.384 e. The van der Waals surface area contributed by atoms with Crippen molar-refractivity contribution in [2.24, 2.45) is 0 Å². The lowest BCUT2D eigenvalue weighted by Gasteiger charge is -2.11. The fraction of sp³-hybridized carbons (Fsp3) is 0.125. The van der Waals surface area contributed by atoms with Crippen molar-refractivity contribution in [3.8, 4) is 11.8 Å². The summed E-state index contributed by atoms with van der Waals surface area (Å²) in [4.78, 5) is 13.7. The normalized spacial score (nSPS) is 11.7. The first-order valence-electron chi connectivity index (χ1n) is 12.2. The van der Waals surface area contributed by atoms with Crippen molar-refractivity contribution in [3.63, 3.8) is 0 Å². The third kappa shape index (κ3) is 6.06. The van der Waals surface area contributed by atoms with Crippen LogP contribution in [-0.2, 0) is 13.1 Å². The molecule has 0 aliphatic rings. The smallest absolute Gasteiger partial charge is 0.333 e. The lowest BCUT2D eigenvalue weighted by atomic mass is 10.1. The van der Waals surface area contributed by atoms with Crippen LogP contribution in [0.1, 0.15) is 34.9 Å². The second-order valence-electron chi connectivity index (χ2n) is 8.89. The van der Waals surface area contributed by atoms with Gasteiger partial charge < -0.3 is 5.32 Å². The number of hydrogen-bond acceptors (Lipinski definition) is 3. The van der Waals surface area contributed by atoms with Crippen LogP contribution in [0.5, 0.6) is 0 Å². The molecule has 4 aromatic rings. The Morgan fingerprint density at radius 2 is 1.73 bits per heavy atom. The highest BCUT2D eigenvalue weighted by atomic mass is 16.1. The minimum Gasteiger partial charge on any atom is -0.384 e. The predicted molar refractivity (Wildman–Crippen MR) is 150 cm³/mol. The second kappa shape index (κ2) is 11.7. The molecule has 1 N–H and O–H groups in total. The summed E-state index contributed by atoms with van der Waals surface area (Å²) in [5.74, 6) is 0. The van der Waals surface area contributed by atoms with Gasteiger partial charge in [-0.25, -0.2) is 4.79 Å². The molecule has 5 nitrogen and oxygen atoms in total. The summed E-state index contributed by atoms with van der Waals surface area (Å²) in [6.45, 7) is 8.92. The number of hydrogen-bond donors (Lipinski definition) is 1. The Balaban J connectivity index is 1.78. The lowest BCUT2D eigenvalue weighted by molar-refractivity contribution is 0.741. The molecule has 1 aromatic heterocycles. The van der Waals surface area contributed by atoms with Gasteiger partial charge in [-0.15, -0.1) is 0 Å². The molecule has 0 aliphatic carbocycles. The molecule has 0 amide bonds. The molecule has 1 heterocycles. The molecule has 37 heavy (non-hydrogen) atoms. The van der Waals surface area contributed by atoms with Crippen LogP contribution in [0.4, 0.5) is 0 Å². The number of allylic oxidation sites excluding steroid dienone is 5. The average molecular weight is 487 g/mol. The van der Waals surface area contributed by atoms with Crippen molar-refractivity contribution in [2.75, 3.05) is 0 Å². The Morgan fingerprint density at radius 1 is 1.03 bits per heavy atom. The topological polar surface area (TPSA) is 62.8 Å². The minimum atomic E-state index is -0.176. The van der Waals surface area contributed by atoms with Crippen LogP contribution in [0.2, 0.25) is 0 Å². The number of imidazole rings is 1. The molecule has 0 radical (unpaired) electrons. The van der Waals surface area contributed by atoms with E-state index in [1.807, 2.05) is 92.9 Å². The van der Waals surface area contributed by atoms with Crippen LogP contribution in [0.15, 0.2) is 120 Å². The van der Waals surface area contributed by atoms with Crippen LogP contribution in [0.25, 0.3) is 11.3 Å². The summed E-state index contributed by atoms with van der Waals surface area (Å²) in [5.41, 5.74) is 6.80. The van der Waals surface area contributed by atoms with Crippen molar-refractivity contribution >= 4 is 5.57 Å². The molecular formula is C32H30N4O. The van der Waals surface area contributed by atoms with E-state index in [4.69, 9.17) is 0 Å². The number of benzene rings is 3. The molecule has 0 atom stereocenters. The zero-order valence-electron chi connectivity index (χ0n) is 21.2. The van der Waals surface area contributed by atoms with Crippen LogP contribution >= 0.6 is 0 Å².